The van der Waals surface area contributed by atoms with Crippen molar-refractivity contribution in [3.63, 3.8) is 0 Å². The number of carbonyl (C=O) groups is 1. The molecule has 0 bridgehead atoms. The van der Waals surface area contributed by atoms with Gasteiger partial charge in [0.1, 0.15) is 0 Å². The lowest BCUT2D eigenvalue weighted by molar-refractivity contribution is 0.0819. The summed E-state index contributed by atoms with van der Waals surface area (Å²) in [5.41, 5.74) is 0. The van der Waals surface area contributed by atoms with Gasteiger partial charge in [-0.2, -0.15) is 0 Å². The average Bonchev–Trinajstić information content (AvgIpc) is 2.12. The van der Waals surface area contributed by atoms with E-state index in [1.807, 2.05) is 20.9 Å². The summed E-state index contributed by atoms with van der Waals surface area (Å²) in [6, 6.07) is 0. The van der Waals surface area contributed by atoms with Crippen molar-refractivity contribution in [3.8, 4) is 0 Å². The first kappa shape index (κ1) is 13.2. The van der Waals surface area contributed by atoms with Gasteiger partial charge >= 0.3 is 6.09 Å². The fourth-order valence-electron chi connectivity index (χ4n) is 0.862. The lowest BCUT2D eigenvalue weighted by Crippen LogP contribution is -2.36. The predicted octanol–water partition coefficient (Wildman–Crippen LogP) is 1.41. The fraction of sp³-hybridized carbons (Fsp3) is 0.900. The zero-order chi connectivity index (χ0) is 11.1. The zero-order valence-electron chi connectivity index (χ0n) is 9.91. The van der Waals surface area contributed by atoms with E-state index in [4.69, 9.17) is 4.74 Å². The van der Waals surface area contributed by atoms with Gasteiger partial charge in [-0.25, -0.2) is 4.79 Å². The molecular formula is C10H22N2O2. The molecule has 0 rings (SSSR count). The zero-order valence-corrected chi connectivity index (χ0v) is 9.91. The van der Waals surface area contributed by atoms with Gasteiger partial charge < -0.3 is 14.5 Å². The van der Waals surface area contributed by atoms with Crippen LogP contribution in [-0.4, -0.2) is 55.7 Å². The lowest BCUT2D eigenvalue weighted by atomic mass is 10.5. The molecule has 0 spiro atoms. The van der Waals surface area contributed by atoms with Gasteiger partial charge in [-0.1, -0.05) is 6.92 Å². The van der Waals surface area contributed by atoms with E-state index in [-0.39, 0.29) is 12.2 Å². The minimum Gasteiger partial charge on any atom is -0.447 e. The molecule has 0 heterocycles. The van der Waals surface area contributed by atoms with E-state index in [9.17, 15) is 4.79 Å². The Balaban J connectivity index is 3.72. The number of hydrogen-bond acceptors (Lipinski definition) is 3. The molecule has 0 aliphatic heterocycles. The molecule has 0 unspecified atom stereocenters. The highest BCUT2D eigenvalue weighted by atomic mass is 16.6. The molecule has 0 radical (unpaired) electrons. The van der Waals surface area contributed by atoms with E-state index < -0.39 is 0 Å². The molecule has 0 fully saturated rings. The molecule has 14 heavy (non-hydrogen) atoms. The van der Waals surface area contributed by atoms with Crippen LogP contribution in [0.1, 0.15) is 20.8 Å². The maximum Gasteiger partial charge on any atom is 0.409 e. The second-order valence-corrected chi connectivity index (χ2v) is 3.75. The van der Waals surface area contributed by atoms with Gasteiger partial charge in [0.2, 0.25) is 0 Å². The van der Waals surface area contributed by atoms with Crippen molar-refractivity contribution in [2.24, 2.45) is 0 Å². The van der Waals surface area contributed by atoms with E-state index in [1.165, 1.54) is 0 Å². The molecule has 0 aliphatic carbocycles. The third kappa shape index (κ3) is 5.80. The molecule has 4 nitrogen and oxygen atoms in total. The van der Waals surface area contributed by atoms with E-state index in [1.54, 1.807) is 11.9 Å². The van der Waals surface area contributed by atoms with Crippen LogP contribution in [0.25, 0.3) is 0 Å². The number of rotatable bonds is 5. The topological polar surface area (TPSA) is 32.8 Å². The van der Waals surface area contributed by atoms with Crippen LogP contribution in [0, 0.1) is 0 Å². The van der Waals surface area contributed by atoms with Crippen molar-refractivity contribution in [1.29, 1.82) is 0 Å². The Labute approximate surface area is 86.8 Å². The van der Waals surface area contributed by atoms with Crippen molar-refractivity contribution in [3.05, 3.63) is 0 Å². The smallest absolute Gasteiger partial charge is 0.409 e. The minimum atomic E-state index is -0.246. The third-order valence-electron chi connectivity index (χ3n) is 2.01. The summed E-state index contributed by atoms with van der Waals surface area (Å²) in [5.74, 6) is 0. The number of likely N-dealkylation sites (N-methyl/N-ethyl adjacent to an activating group) is 2. The summed E-state index contributed by atoms with van der Waals surface area (Å²) in [6.45, 7) is 8.36. The van der Waals surface area contributed by atoms with Crippen LogP contribution in [-0.2, 0) is 4.74 Å². The molecule has 0 aromatic heterocycles. The molecule has 4 heteroatoms. The molecule has 1 amide bonds. The average molecular weight is 202 g/mol. The highest BCUT2D eigenvalue weighted by Crippen LogP contribution is 1.95. The number of ether oxygens (including phenoxy) is 1. The molecular weight excluding hydrogens is 180 g/mol. The highest BCUT2D eigenvalue weighted by molar-refractivity contribution is 5.67. The molecule has 84 valence electrons. The van der Waals surface area contributed by atoms with E-state index in [0.717, 1.165) is 13.1 Å². The Kier molecular flexibility index (Phi) is 6.28. The van der Waals surface area contributed by atoms with Crippen LogP contribution >= 0.6 is 0 Å². The van der Waals surface area contributed by atoms with Gasteiger partial charge in [-0.15, -0.1) is 0 Å². The van der Waals surface area contributed by atoms with Gasteiger partial charge in [0, 0.05) is 20.1 Å². The monoisotopic (exact) mass is 202 g/mol. The normalized spacial score (nSPS) is 10.8. The lowest BCUT2D eigenvalue weighted by Gasteiger charge is -2.21. The summed E-state index contributed by atoms with van der Waals surface area (Å²) in [4.78, 5) is 15.1. The van der Waals surface area contributed by atoms with Crippen LogP contribution in [0.3, 0.4) is 0 Å². The van der Waals surface area contributed by atoms with Crippen LogP contribution in [0.4, 0.5) is 4.79 Å². The van der Waals surface area contributed by atoms with Crippen LogP contribution < -0.4 is 0 Å². The SMILES string of the molecule is CCN(C)CCN(C)C(=O)OC(C)C. The standard InChI is InChI=1S/C10H22N2O2/c1-6-11(4)7-8-12(5)10(13)14-9(2)3/h9H,6-8H2,1-5H3. The summed E-state index contributed by atoms with van der Waals surface area (Å²) >= 11 is 0. The largest absolute Gasteiger partial charge is 0.447 e. The first-order valence-electron chi connectivity index (χ1n) is 5.07. The Morgan fingerprint density at radius 1 is 1.29 bits per heavy atom. The molecule has 0 atom stereocenters. The molecule has 0 saturated carbocycles. The minimum absolute atomic E-state index is 0.0474. The van der Waals surface area contributed by atoms with Gasteiger partial charge in [0.25, 0.3) is 0 Å². The number of nitrogens with zero attached hydrogens (tertiary/aromatic N) is 2. The van der Waals surface area contributed by atoms with Crippen LogP contribution in [0.15, 0.2) is 0 Å². The summed E-state index contributed by atoms with van der Waals surface area (Å²) < 4.78 is 5.05. The Morgan fingerprint density at radius 2 is 1.86 bits per heavy atom. The number of carbonyl (C=O) groups excluding carboxylic acids is 1. The Hall–Kier alpha value is -0.770. The quantitative estimate of drug-likeness (QED) is 0.676. The van der Waals surface area contributed by atoms with E-state index in [2.05, 4.69) is 11.8 Å². The van der Waals surface area contributed by atoms with Crippen molar-refractivity contribution < 1.29 is 9.53 Å². The van der Waals surface area contributed by atoms with Crippen molar-refractivity contribution in [2.45, 2.75) is 26.9 Å². The summed E-state index contributed by atoms with van der Waals surface area (Å²) in [6.07, 6.45) is -0.293. The maximum atomic E-state index is 11.3. The summed E-state index contributed by atoms with van der Waals surface area (Å²) in [5, 5.41) is 0. The molecule has 0 saturated heterocycles. The predicted molar refractivity (Wildman–Crippen MR) is 57.4 cm³/mol. The van der Waals surface area contributed by atoms with E-state index >= 15 is 0 Å². The first-order chi connectivity index (χ1) is 6.47. The van der Waals surface area contributed by atoms with Crippen LogP contribution in [0.2, 0.25) is 0 Å². The van der Waals surface area contributed by atoms with Gasteiger partial charge in [-0.3, -0.25) is 0 Å². The van der Waals surface area contributed by atoms with Gasteiger partial charge in [0.05, 0.1) is 6.10 Å². The first-order valence-corrected chi connectivity index (χ1v) is 5.07. The Morgan fingerprint density at radius 3 is 2.29 bits per heavy atom. The maximum absolute atomic E-state index is 11.3. The fourth-order valence-corrected chi connectivity index (χ4v) is 0.862. The second kappa shape index (κ2) is 6.65. The van der Waals surface area contributed by atoms with Crippen molar-refractivity contribution in [2.75, 3.05) is 33.7 Å². The van der Waals surface area contributed by atoms with Crippen molar-refractivity contribution >= 4 is 6.09 Å². The third-order valence-corrected chi connectivity index (χ3v) is 2.01. The van der Waals surface area contributed by atoms with Crippen LogP contribution in [0.5, 0.6) is 0 Å². The molecule has 0 aliphatic rings. The summed E-state index contributed by atoms with van der Waals surface area (Å²) in [7, 11) is 3.79. The Bertz CT molecular complexity index is 172. The van der Waals surface area contributed by atoms with E-state index in [0.29, 0.717) is 6.54 Å². The number of amides is 1. The second-order valence-electron chi connectivity index (χ2n) is 3.75. The molecule has 0 aromatic rings. The van der Waals surface area contributed by atoms with Crippen molar-refractivity contribution in [1.82, 2.24) is 9.80 Å². The van der Waals surface area contributed by atoms with Gasteiger partial charge in [-0.05, 0) is 27.4 Å². The highest BCUT2D eigenvalue weighted by Gasteiger charge is 2.11. The molecule has 0 aromatic carbocycles. The number of hydrogen-bond donors (Lipinski definition) is 0. The van der Waals surface area contributed by atoms with Gasteiger partial charge in [0.15, 0.2) is 0 Å². The molecule has 0 N–H and O–H groups in total.